The molecule has 0 unspecified atom stereocenters. The van der Waals surface area contributed by atoms with Gasteiger partial charge in [0.05, 0.1) is 12.2 Å². The van der Waals surface area contributed by atoms with Crippen molar-refractivity contribution >= 4 is 0 Å². The van der Waals surface area contributed by atoms with Crippen LogP contribution in [0.2, 0.25) is 0 Å². The average molecular weight is 233 g/mol. The van der Waals surface area contributed by atoms with E-state index in [4.69, 9.17) is 4.84 Å². The molecule has 0 spiro atoms. The summed E-state index contributed by atoms with van der Waals surface area (Å²) >= 11 is 0. The maximum atomic E-state index is 12.2. The Morgan fingerprint density at radius 1 is 1.19 bits per heavy atom. The van der Waals surface area contributed by atoms with Crippen molar-refractivity contribution in [2.45, 2.75) is 19.0 Å². The van der Waals surface area contributed by atoms with Crippen LogP contribution < -0.4 is 5.48 Å². The number of hydroxylamine groups is 1. The summed E-state index contributed by atoms with van der Waals surface area (Å²) in [7, 11) is 1.66. The van der Waals surface area contributed by atoms with E-state index in [0.29, 0.717) is 13.0 Å². The topological polar surface area (TPSA) is 21.3 Å². The molecule has 0 heterocycles. The summed E-state index contributed by atoms with van der Waals surface area (Å²) in [5, 5.41) is 0. The van der Waals surface area contributed by atoms with Gasteiger partial charge >= 0.3 is 6.18 Å². The summed E-state index contributed by atoms with van der Waals surface area (Å²) in [6, 6.07) is 5.22. The van der Waals surface area contributed by atoms with Crippen molar-refractivity contribution in [3.05, 3.63) is 35.4 Å². The van der Waals surface area contributed by atoms with Crippen LogP contribution in [0.3, 0.4) is 0 Å². The van der Waals surface area contributed by atoms with E-state index >= 15 is 0 Å². The van der Waals surface area contributed by atoms with Crippen LogP contribution >= 0.6 is 0 Å². The second-order valence-corrected chi connectivity index (χ2v) is 3.35. The molecule has 1 N–H and O–H groups in total. The second kappa shape index (κ2) is 5.86. The van der Waals surface area contributed by atoms with Gasteiger partial charge in [-0.1, -0.05) is 12.1 Å². The fraction of sp³-hybridized carbons (Fsp3) is 0.455. The summed E-state index contributed by atoms with van der Waals surface area (Å²) in [4.78, 5) is 4.90. The molecule has 0 saturated heterocycles. The first kappa shape index (κ1) is 13.0. The van der Waals surface area contributed by atoms with Crippen molar-refractivity contribution in [1.29, 1.82) is 0 Å². The standard InChI is InChI=1S/C11H14F3NO/c1-15-16-8-2-3-9-4-6-10(7-5-9)11(12,13)14/h4-7,15H,2-3,8H2,1H3. The van der Waals surface area contributed by atoms with Crippen molar-refractivity contribution < 1.29 is 18.0 Å². The molecule has 0 aliphatic rings. The van der Waals surface area contributed by atoms with Gasteiger partial charge in [-0.15, -0.1) is 0 Å². The zero-order valence-corrected chi connectivity index (χ0v) is 8.97. The van der Waals surface area contributed by atoms with Gasteiger partial charge in [0.15, 0.2) is 0 Å². The molecular formula is C11H14F3NO. The Morgan fingerprint density at radius 3 is 2.31 bits per heavy atom. The summed E-state index contributed by atoms with van der Waals surface area (Å²) in [6.45, 7) is 0.539. The molecule has 0 saturated carbocycles. The van der Waals surface area contributed by atoms with Gasteiger partial charge < -0.3 is 4.84 Å². The number of benzene rings is 1. The van der Waals surface area contributed by atoms with Gasteiger partial charge in [0.2, 0.25) is 0 Å². The molecule has 0 aliphatic heterocycles. The Morgan fingerprint density at radius 2 is 1.81 bits per heavy atom. The van der Waals surface area contributed by atoms with Crippen LogP contribution in [0, 0.1) is 0 Å². The Bertz CT molecular complexity index is 308. The zero-order valence-electron chi connectivity index (χ0n) is 8.97. The third kappa shape index (κ3) is 4.20. The molecule has 90 valence electrons. The Balaban J connectivity index is 2.46. The number of hydrogen-bond acceptors (Lipinski definition) is 2. The number of halogens is 3. The average Bonchev–Trinajstić information content (AvgIpc) is 2.24. The first-order valence-corrected chi connectivity index (χ1v) is 4.98. The van der Waals surface area contributed by atoms with E-state index in [2.05, 4.69) is 5.48 Å². The normalized spacial score (nSPS) is 11.8. The highest BCUT2D eigenvalue weighted by Gasteiger charge is 2.29. The number of nitrogens with one attached hydrogen (secondary N) is 1. The molecule has 0 aliphatic carbocycles. The van der Waals surface area contributed by atoms with Crippen LogP contribution in [-0.4, -0.2) is 13.7 Å². The van der Waals surface area contributed by atoms with E-state index < -0.39 is 11.7 Å². The van der Waals surface area contributed by atoms with Gasteiger partial charge in [-0.25, -0.2) is 5.48 Å². The van der Waals surface area contributed by atoms with Gasteiger partial charge in [0.25, 0.3) is 0 Å². The zero-order chi connectivity index (χ0) is 12.0. The molecular weight excluding hydrogens is 219 g/mol. The molecule has 16 heavy (non-hydrogen) atoms. The number of alkyl halides is 3. The maximum Gasteiger partial charge on any atom is 0.416 e. The Labute approximate surface area is 92.4 Å². The first-order valence-electron chi connectivity index (χ1n) is 4.98. The van der Waals surface area contributed by atoms with E-state index in [9.17, 15) is 13.2 Å². The van der Waals surface area contributed by atoms with Crippen LogP contribution in [0.1, 0.15) is 17.5 Å². The largest absolute Gasteiger partial charge is 0.416 e. The van der Waals surface area contributed by atoms with Crippen molar-refractivity contribution in [2.75, 3.05) is 13.7 Å². The lowest BCUT2D eigenvalue weighted by atomic mass is 10.1. The van der Waals surface area contributed by atoms with Gasteiger partial charge in [0, 0.05) is 7.05 Å². The predicted octanol–water partition coefficient (Wildman–Crippen LogP) is 2.79. The van der Waals surface area contributed by atoms with E-state index in [1.54, 1.807) is 7.05 Å². The van der Waals surface area contributed by atoms with Gasteiger partial charge in [-0.2, -0.15) is 13.2 Å². The lowest BCUT2D eigenvalue weighted by Crippen LogP contribution is -2.09. The molecule has 5 heteroatoms. The molecule has 0 amide bonds. The molecule has 0 aromatic heterocycles. The van der Waals surface area contributed by atoms with E-state index in [1.165, 1.54) is 12.1 Å². The van der Waals surface area contributed by atoms with Crippen LogP contribution in [0.25, 0.3) is 0 Å². The second-order valence-electron chi connectivity index (χ2n) is 3.35. The third-order valence-corrected chi connectivity index (χ3v) is 2.14. The lowest BCUT2D eigenvalue weighted by molar-refractivity contribution is -0.137. The lowest BCUT2D eigenvalue weighted by Gasteiger charge is -2.07. The van der Waals surface area contributed by atoms with Crippen molar-refractivity contribution in [3.63, 3.8) is 0 Å². The van der Waals surface area contributed by atoms with Crippen LogP contribution in [0.4, 0.5) is 13.2 Å². The van der Waals surface area contributed by atoms with E-state index in [1.807, 2.05) is 0 Å². The quantitative estimate of drug-likeness (QED) is 0.623. The molecule has 1 aromatic carbocycles. The molecule has 0 atom stereocenters. The highest BCUT2D eigenvalue weighted by Crippen LogP contribution is 2.29. The van der Waals surface area contributed by atoms with Crippen molar-refractivity contribution in [3.8, 4) is 0 Å². The molecule has 0 radical (unpaired) electrons. The minimum Gasteiger partial charge on any atom is -0.302 e. The van der Waals surface area contributed by atoms with Gasteiger partial charge in [-0.05, 0) is 30.5 Å². The predicted molar refractivity (Wildman–Crippen MR) is 54.8 cm³/mol. The summed E-state index contributed by atoms with van der Waals surface area (Å²) < 4.78 is 36.7. The van der Waals surface area contributed by atoms with Crippen LogP contribution in [0.5, 0.6) is 0 Å². The summed E-state index contributed by atoms with van der Waals surface area (Å²) in [5.41, 5.74) is 2.81. The Hall–Kier alpha value is -1.07. The Kier molecular flexibility index (Phi) is 4.76. The first-order chi connectivity index (χ1) is 7.54. The SMILES string of the molecule is CNOCCCc1ccc(C(F)(F)F)cc1. The maximum absolute atomic E-state index is 12.2. The van der Waals surface area contributed by atoms with Gasteiger partial charge in [-0.3, -0.25) is 0 Å². The highest BCUT2D eigenvalue weighted by molar-refractivity contribution is 5.24. The van der Waals surface area contributed by atoms with Crippen LogP contribution in [0.15, 0.2) is 24.3 Å². The summed E-state index contributed by atoms with van der Waals surface area (Å²) in [6.07, 6.45) is -2.78. The van der Waals surface area contributed by atoms with E-state index in [-0.39, 0.29) is 0 Å². The molecule has 0 fully saturated rings. The number of rotatable bonds is 5. The van der Waals surface area contributed by atoms with Crippen molar-refractivity contribution in [2.24, 2.45) is 0 Å². The number of aryl methyl sites for hydroxylation is 1. The molecule has 1 aromatic rings. The monoisotopic (exact) mass is 233 g/mol. The fourth-order valence-corrected chi connectivity index (χ4v) is 1.31. The van der Waals surface area contributed by atoms with E-state index in [0.717, 1.165) is 24.1 Å². The van der Waals surface area contributed by atoms with Crippen LogP contribution in [-0.2, 0) is 17.4 Å². The minimum absolute atomic E-state index is 0.539. The molecule has 0 bridgehead atoms. The molecule has 2 nitrogen and oxygen atoms in total. The molecule has 1 rings (SSSR count). The van der Waals surface area contributed by atoms with Crippen molar-refractivity contribution in [1.82, 2.24) is 5.48 Å². The minimum atomic E-state index is -4.26. The smallest absolute Gasteiger partial charge is 0.302 e. The van der Waals surface area contributed by atoms with Gasteiger partial charge in [0.1, 0.15) is 0 Å². The highest BCUT2D eigenvalue weighted by atomic mass is 19.4. The fourth-order valence-electron chi connectivity index (χ4n) is 1.31. The summed E-state index contributed by atoms with van der Waals surface area (Å²) in [5.74, 6) is 0. The third-order valence-electron chi connectivity index (χ3n) is 2.14. The number of hydrogen-bond donors (Lipinski definition) is 1.